The Morgan fingerprint density at radius 1 is 1.33 bits per heavy atom. The van der Waals surface area contributed by atoms with Gasteiger partial charge in [-0.25, -0.2) is 20.4 Å². The van der Waals surface area contributed by atoms with Crippen LogP contribution in [0.5, 0.6) is 0 Å². The van der Waals surface area contributed by atoms with Gasteiger partial charge < -0.3 is 21.5 Å². The molecule has 6 N–H and O–H groups in total. The third-order valence-electron chi connectivity index (χ3n) is 5.01. The van der Waals surface area contributed by atoms with Crippen molar-refractivity contribution in [1.29, 1.82) is 0 Å². The highest BCUT2D eigenvalue weighted by Crippen LogP contribution is 2.28. The second kappa shape index (κ2) is 10.2. The fourth-order valence-corrected chi connectivity index (χ4v) is 3.62. The van der Waals surface area contributed by atoms with Crippen LogP contribution in [0.2, 0.25) is 0 Å². The molecule has 1 aromatic carbocycles. The van der Waals surface area contributed by atoms with Gasteiger partial charge in [0.2, 0.25) is 11.8 Å². The maximum absolute atomic E-state index is 12.4. The molecule has 0 unspecified atom stereocenters. The number of aromatic nitrogens is 2. The summed E-state index contributed by atoms with van der Waals surface area (Å²) in [7, 11) is 1.48. The number of aryl methyl sites for hydroxylation is 1. The number of anilines is 1. The van der Waals surface area contributed by atoms with E-state index in [-0.39, 0.29) is 37.0 Å². The van der Waals surface area contributed by atoms with Crippen molar-refractivity contribution in [3.63, 3.8) is 0 Å². The SMILES string of the molecule is CONC(N)=N[C@@H]1CCCC[C@@H]1Nc1nc(C(=O)NCCO)nc2ccc(C)cc12. The molecule has 3 rings (SSSR count). The van der Waals surface area contributed by atoms with Crippen molar-refractivity contribution in [2.75, 3.05) is 25.6 Å². The van der Waals surface area contributed by atoms with Crippen LogP contribution in [0, 0.1) is 6.92 Å². The van der Waals surface area contributed by atoms with E-state index in [1.807, 2.05) is 25.1 Å². The molecule has 0 radical (unpaired) electrons. The van der Waals surface area contributed by atoms with E-state index in [0.717, 1.165) is 36.6 Å². The molecule has 0 saturated heterocycles. The molecule has 0 spiro atoms. The lowest BCUT2D eigenvalue weighted by Gasteiger charge is -2.30. The number of aliphatic hydroxyl groups excluding tert-OH is 1. The van der Waals surface area contributed by atoms with Crippen LogP contribution in [0.15, 0.2) is 23.2 Å². The summed E-state index contributed by atoms with van der Waals surface area (Å²) in [6.45, 7) is 1.99. The summed E-state index contributed by atoms with van der Waals surface area (Å²) >= 11 is 0. The zero-order chi connectivity index (χ0) is 21.5. The standard InChI is InChI=1S/C20H29N7O3/c1-12-7-8-14-13(11-12)17(26-18(23-14)19(29)22-9-10-28)24-15-5-3-4-6-16(15)25-20(21)27-30-2/h7-8,11,15-16,28H,3-6,9-10H2,1-2H3,(H,22,29)(H3,21,25,27)(H,23,24,26)/t15-,16+/m0/s1. The number of guanidine groups is 1. The summed E-state index contributed by atoms with van der Waals surface area (Å²) < 4.78 is 0. The van der Waals surface area contributed by atoms with Crippen LogP contribution in [0.3, 0.4) is 0 Å². The molecule has 30 heavy (non-hydrogen) atoms. The summed E-state index contributed by atoms with van der Waals surface area (Å²) in [5, 5.41) is 15.9. The summed E-state index contributed by atoms with van der Waals surface area (Å²) in [5.74, 6) is 0.437. The van der Waals surface area contributed by atoms with Crippen LogP contribution < -0.4 is 21.8 Å². The van der Waals surface area contributed by atoms with Crippen molar-refractivity contribution < 1.29 is 14.7 Å². The number of aliphatic imine (C=N–C) groups is 1. The first kappa shape index (κ1) is 21.7. The minimum Gasteiger partial charge on any atom is -0.395 e. The van der Waals surface area contributed by atoms with E-state index in [2.05, 4.69) is 31.1 Å². The number of nitrogens with zero attached hydrogens (tertiary/aromatic N) is 3. The van der Waals surface area contributed by atoms with E-state index >= 15 is 0 Å². The average molecular weight is 415 g/mol. The summed E-state index contributed by atoms with van der Waals surface area (Å²) in [5.41, 5.74) is 10.2. The molecule has 1 saturated carbocycles. The Kier molecular flexibility index (Phi) is 7.36. The maximum Gasteiger partial charge on any atom is 0.289 e. The van der Waals surface area contributed by atoms with Gasteiger partial charge in [0.1, 0.15) is 5.82 Å². The number of aliphatic hydroxyl groups is 1. The van der Waals surface area contributed by atoms with Gasteiger partial charge in [0, 0.05) is 11.9 Å². The molecule has 2 atom stereocenters. The molecule has 10 nitrogen and oxygen atoms in total. The van der Waals surface area contributed by atoms with Crippen molar-refractivity contribution in [2.24, 2.45) is 10.7 Å². The molecule has 1 aliphatic rings. The molecular weight excluding hydrogens is 386 g/mol. The van der Waals surface area contributed by atoms with Crippen molar-refractivity contribution in [1.82, 2.24) is 20.8 Å². The molecule has 2 aromatic rings. The van der Waals surface area contributed by atoms with Crippen molar-refractivity contribution >= 4 is 28.6 Å². The lowest BCUT2D eigenvalue weighted by atomic mass is 9.90. The van der Waals surface area contributed by atoms with Crippen molar-refractivity contribution in [3.8, 4) is 0 Å². The third kappa shape index (κ3) is 5.33. The van der Waals surface area contributed by atoms with Gasteiger partial charge in [0.15, 0.2) is 0 Å². The van der Waals surface area contributed by atoms with Gasteiger partial charge in [-0.15, -0.1) is 0 Å². The number of rotatable bonds is 7. The number of hydrogen-bond donors (Lipinski definition) is 5. The van der Waals surface area contributed by atoms with E-state index in [9.17, 15) is 4.79 Å². The topological polar surface area (TPSA) is 147 Å². The quantitative estimate of drug-likeness (QED) is 0.254. The maximum atomic E-state index is 12.4. The van der Waals surface area contributed by atoms with Gasteiger partial charge in [-0.1, -0.05) is 24.5 Å². The number of hydroxylamine groups is 1. The van der Waals surface area contributed by atoms with E-state index in [0.29, 0.717) is 11.3 Å². The minimum absolute atomic E-state index is 0.00271. The van der Waals surface area contributed by atoms with Crippen molar-refractivity contribution in [3.05, 3.63) is 29.6 Å². The van der Waals surface area contributed by atoms with Crippen LogP contribution in [0.25, 0.3) is 10.9 Å². The first-order valence-electron chi connectivity index (χ1n) is 10.1. The number of fused-ring (bicyclic) bond motifs is 1. The van der Waals surface area contributed by atoms with Crippen LogP contribution in [-0.2, 0) is 4.84 Å². The number of carbonyl (C=O) groups is 1. The fraction of sp³-hybridized carbons (Fsp3) is 0.500. The number of benzene rings is 1. The zero-order valence-electron chi connectivity index (χ0n) is 17.3. The average Bonchev–Trinajstić information content (AvgIpc) is 2.73. The van der Waals surface area contributed by atoms with Gasteiger partial charge in [-0.05, 0) is 31.9 Å². The zero-order valence-corrected chi connectivity index (χ0v) is 17.3. The molecule has 1 amide bonds. The Morgan fingerprint density at radius 3 is 2.90 bits per heavy atom. The molecule has 1 aromatic heterocycles. The monoisotopic (exact) mass is 415 g/mol. The molecule has 0 aliphatic heterocycles. The lowest BCUT2D eigenvalue weighted by Crippen LogP contribution is -2.40. The lowest BCUT2D eigenvalue weighted by molar-refractivity contribution is 0.0935. The van der Waals surface area contributed by atoms with E-state index in [1.54, 1.807) is 0 Å². The van der Waals surface area contributed by atoms with Gasteiger partial charge >= 0.3 is 0 Å². The van der Waals surface area contributed by atoms with Gasteiger partial charge in [0.05, 0.1) is 31.3 Å². The number of nitrogens with two attached hydrogens (primary N) is 1. The Bertz CT molecular complexity index is 919. The third-order valence-corrected chi connectivity index (χ3v) is 5.01. The molecule has 1 aliphatic carbocycles. The van der Waals surface area contributed by atoms with Gasteiger partial charge in [-0.3, -0.25) is 9.63 Å². The van der Waals surface area contributed by atoms with E-state index in [1.165, 1.54) is 7.11 Å². The summed E-state index contributed by atoms with van der Waals surface area (Å²) in [6, 6.07) is 5.76. The van der Waals surface area contributed by atoms with Crippen LogP contribution in [0.1, 0.15) is 41.9 Å². The Hall–Kier alpha value is -2.98. The highest BCUT2D eigenvalue weighted by molar-refractivity contribution is 5.96. The molecule has 10 heteroatoms. The van der Waals surface area contributed by atoms with Crippen molar-refractivity contribution in [2.45, 2.75) is 44.7 Å². The van der Waals surface area contributed by atoms with Crippen LogP contribution in [-0.4, -0.2) is 59.3 Å². The molecule has 1 heterocycles. The van der Waals surface area contributed by atoms with Gasteiger partial charge in [0.25, 0.3) is 5.91 Å². The van der Waals surface area contributed by atoms with Gasteiger partial charge in [-0.2, -0.15) is 0 Å². The highest BCUT2D eigenvalue weighted by Gasteiger charge is 2.26. The molecule has 162 valence electrons. The van der Waals surface area contributed by atoms with Crippen LogP contribution >= 0.6 is 0 Å². The Balaban J connectivity index is 1.95. The normalized spacial score (nSPS) is 19.5. The fourth-order valence-electron chi connectivity index (χ4n) is 3.62. The second-order valence-corrected chi connectivity index (χ2v) is 7.32. The smallest absolute Gasteiger partial charge is 0.289 e. The highest BCUT2D eigenvalue weighted by atomic mass is 16.6. The predicted octanol–water partition coefficient (Wildman–Crippen LogP) is 0.849. The first-order chi connectivity index (χ1) is 14.5. The predicted molar refractivity (Wildman–Crippen MR) is 115 cm³/mol. The number of hydrogen-bond acceptors (Lipinski definition) is 7. The Morgan fingerprint density at radius 2 is 2.13 bits per heavy atom. The largest absolute Gasteiger partial charge is 0.395 e. The number of amides is 1. The first-order valence-corrected chi connectivity index (χ1v) is 10.1. The summed E-state index contributed by atoms with van der Waals surface area (Å²) in [6.07, 6.45) is 3.91. The van der Waals surface area contributed by atoms with E-state index in [4.69, 9.17) is 15.7 Å². The molecular formula is C20H29N7O3. The minimum atomic E-state index is -0.429. The second-order valence-electron chi connectivity index (χ2n) is 7.32. The number of nitrogens with one attached hydrogen (secondary N) is 3. The summed E-state index contributed by atoms with van der Waals surface area (Å²) in [4.78, 5) is 30.7. The molecule has 0 bridgehead atoms. The molecule has 1 fully saturated rings. The van der Waals surface area contributed by atoms with Crippen LogP contribution in [0.4, 0.5) is 5.82 Å². The number of carbonyl (C=O) groups excluding carboxylic acids is 1. The Labute approximate surface area is 175 Å². The van der Waals surface area contributed by atoms with E-state index < -0.39 is 5.91 Å².